The monoisotopic (exact) mass is 280 g/mol. The molecule has 0 N–H and O–H groups in total. The smallest absolute Gasteiger partial charge is 0.311 e. The molecule has 116 valence electrons. The molecule has 0 saturated heterocycles. The summed E-state index contributed by atoms with van der Waals surface area (Å²) < 4.78 is 5.85. The van der Waals surface area contributed by atoms with Crippen molar-refractivity contribution in [2.24, 2.45) is 16.7 Å². The molecular weight excluding hydrogens is 248 g/mol. The van der Waals surface area contributed by atoms with Crippen LogP contribution in [0.1, 0.15) is 73.6 Å². The van der Waals surface area contributed by atoms with Crippen LogP contribution >= 0.6 is 0 Å². The van der Waals surface area contributed by atoms with Crippen molar-refractivity contribution in [1.82, 2.24) is 0 Å². The number of esters is 1. The lowest BCUT2D eigenvalue weighted by atomic mass is 9.70. The lowest BCUT2D eigenvalue weighted by molar-refractivity contribution is -0.167. The maximum Gasteiger partial charge on any atom is 0.311 e. The second-order valence-corrected chi connectivity index (χ2v) is 7.67. The average molecular weight is 280 g/mol. The minimum atomic E-state index is -0.424. The lowest BCUT2D eigenvalue weighted by Gasteiger charge is -2.36. The minimum absolute atomic E-state index is 0.0853. The highest BCUT2D eigenvalue weighted by atomic mass is 16.6. The second kappa shape index (κ2) is 5.91. The summed E-state index contributed by atoms with van der Waals surface area (Å²) in [7, 11) is 0. The molecule has 1 rings (SSSR count). The van der Waals surface area contributed by atoms with Crippen LogP contribution in [0.15, 0.2) is 12.7 Å². The van der Waals surface area contributed by atoms with Crippen LogP contribution in [0.4, 0.5) is 0 Å². The predicted molar refractivity (Wildman–Crippen MR) is 84.5 cm³/mol. The summed E-state index contributed by atoms with van der Waals surface area (Å²) in [4.78, 5) is 12.1. The maximum absolute atomic E-state index is 12.1. The molecule has 0 spiro atoms. The van der Waals surface area contributed by atoms with Gasteiger partial charge in [-0.05, 0) is 71.1 Å². The largest absolute Gasteiger partial charge is 0.459 e. The molecule has 0 radical (unpaired) electrons. The number of allylic oxidation sites excluding steroid dienone is 1. The van der Waals surface area contributed by atoms with Crippen LogP contribution in [0.3, 0.4) is 0 Å². The number of hydrogen-bond acceptors (Lipinski definition) is 2. The van der Waals surface area contributed by atoms with Gasteiger partial charge in [-0.1, -0.05) is 19.9 Å². The molecule has 0 amide bonds. The SMILES string of the molecule is C=CC(CC)(CC)C1CCC(C)(OC(=O)C(C)(C)C)C1. The molecule has 1 aliphatic rings. The molecule has 0 heterocycles. The van der Waals surface area contributed by atoms with E-state index in [0.717, 1.165) is 32.1 Å². The highest BCUT2D eigenvalue weighted by Gasteiger charge is 2.46. The van der Waals surface area contributed by atoms with E-state index in [1.807, 2.05) is 20.8 Å². The molecule has 1 saturated carbocycles. The van der Waals surface area contributed by atoms with Crippen LogP contribution in [0, 0.1) is 16.7 Å². The van der Waals surface area contributed by atoms with Gasteiger partial charge in [0.05, 0.1) is 5.41 Å². The first-order valence-electron chi connectivity index (χ1n) is 7.99. The zero-order valence-electron chi connectivity index (χ0n) is 14.2. The molecule has 0 aromatic heterocycles. The third-order valence-corrected chi connectivity index (χ3v) is 5.19. The number of ether oxygens (including phenoxy) is 1. The summed E-state index contributed by atoms with van der Waals surface area (Å²) in [5.74, 6) is 0.491. The van der Waals surface area contributed by atoms with Gasteiger partial charge >= 0.3 is 5.97 Å². The first kappa shape index (κ1) is 17.3. The van der Waals surface area contributed by atoms with Gasteiger partial charge in [-0.15, -0.1) is 6.58 Å². The Morgan fingerprint density at radius 3 is 2.30 bits per heavy atom. The molecule has 0 aromatic rings. The van der Waals surface area contributed by atoms with Crippen molar-refractivity contribution in [3.63, 3.8) is 0 Å². The Bertz CT molecular complexity index is 360. The molecule has 0 bridgehead atoms. The Kier molecular flexibility index (Phi) is 5.10. The Hall–Kier alpha value is -0.790. The molecular formula is C18H32O2. The Balaban J connectivity index is 2.80. The Labute approximate surface area is 125 Å². The van der Waals surface area contributed by atoms with Gasteiger partial charge in [0.15, 0.2) is 0 Å². The molecule has 0 aromatic carbocycles. The minimum Gasteiger partial charge on any atom is -0.459 e. The van der Waals surface area contributed by atoms with Gasteiger partial charge in [0.1, 0.15) is 5.60 Å². The van der Waals surface area contributed by atoms with Crippen molar-refractivity contribution in [2.75, 3.05) is 0 Å². The van der Waals surface area contributed by atoms with Crippen LogP contribution in [-0.2, 0) is 9.53 Å². The van der Waals surface area contributed by atoms with Gasteiger partial charge in [-0.25, -0.2) is 0 Å². The summed E-state index contributed by atoms with van der Waals surface area (Å²) in [6, 6.07) is 0. The number of hydrogen-bond donors (Lipinski definition) is 0. The molecule has 2 atom stereocenters. The fourth-order valence-corrected chi connectivity index (χ4v) is 3.45. The highest BCUT2D eigenvalue weighted by molar-refractivity contribution is 5.75. The lowest BCUT2D eigenvalue weighted by Crippen LogP contribution is -2.36. The Morgan fingerprint density at radius 2 is 1.90 bits per heavy atom. The molecule has 1 aliphatic carbocycles. The zero-order chi connectivity index (χ0) is 15.6. The van der Waals surface area contributed by atoms with E-state index >= 15 is 0 Å². The summed E-state index contributed by atoms with van der Waals surface area (Å²) >= 11 is 0. The van der Waals surface area contributed by atoms with Crippen molar-refractivity contribution >= 4 is 5.97 Å². The van der Waals surface area contributed by atoms with E-state index in [-0.39, 0.29) is 17.0 Å². The maximum atomic E-state index is 12.1. The van der Waals surface area contributed by atoms with Crippen LogP contribution in [0.25, 0.3) is 0 Å². The first-order valence-corrected chi connectivity index (χ1v) is 7.99. The van der Waals surface area contributed by atoms with Gasteiger partial charge < -0.3 is 4.74 Å². The van der Waals surface area contributed by atoms with E-state index in [1.165, 1.54) is 0 Å². The standard InChI is InChI=1S/C18H32O2/c1-8-18(9-2,10-3)14-11-12-17(7,13-14)20-15(19)16(4,5)6/h8,14H,1,9-13H2,2-7H3. The van der Waals surface area contributed by atoms with E-state index in [0.29, 0.717) is 5.92 Å². The van der Waals surface area contributed by atoms with Crippen molar-refractivity contribution in [3.05, 3.63) is 12.7 Å². The molecule has 1 fully saturated rings. The van der Waals surface area contributed by atoms with E-state index in [2.05, 4.69) is 33.4 Å². The van der Waals surface area contributed by atoms with Gasteiger partial charge in [0.25, 0.3) is 0 Å². The van der Waals surface area contributed by atoms with Gasteiger partial charge in [0, 0.05) is 0 Å². The molecule has 20 heavy (non-hydrogen) atoms. The van der Waals surface area contributed by atoms with Crippen LogP contribution in [0.5, 0.6) is 0 Å². The van der Waals surface area contributed by atoms with Crippen molar-refractivity contribution in [1.29, 1.82) is 0 Å². The number of rotatable bonds is 5. The van der Waals surface area contributed by atoms with E-state index in [1.54, 1.807) is 0 Å². The van der Waals surface area contributed by atoms with E-state index < -0.39 is 5.41 Å². The Morgan fingerprint density at radius 1 is 1.35 bits per heavy atom. The first-order chi connectivity index (χ1) is 9.12. The quantitative estimate of drug-likeness (QED) is 0.515. The third-order valence-electron chi connectivity index (χ3n) is 5.19. The topological polar surface area (TPSA) is 26.3 Å². The van der Waals surface area contributed by atoms with E-state index in [9.17, 15) is 4.79 Å². The third kappa shape index (κ3) is 3.45. The zero-order valence-corrected chi connectivity index (χ0v) is 14.2. The number of carbonyl (C=O) groups excluding carboxylic acids is 1. The summed E-state index contributed by atoms with van der Waals surface area (Å²) in [5.41, 5.74) is -0.522. The van der Waals surface area contributed by atoms with Crippen molar-refractivity contribution < 1.29 is 9.53 Å². The van der Waals surface area contributed by atoms with Gasteiger partial charge in [-0.3, -0.25) is 4.79 Å². The van der Waals surface area contributed by atoms with Crippen LogP contribution in [0.2, 0.25) is 0 Å². The number of carbonyl (C=O) groups is 1. The fourth-order valence-electron chi connectivity index (χ4n) is 3.45. The molecule has 0 aliphatic heterocycles. The van der Waals surface area contributed by atoms with E-state index in [4.69, 9.17) is 4.74 Å². The highest BCUT2D eigenvalue weighted by Crippen LogP contribution is 2.50. The molecule has 2 nitrogen and oxygen atoms in total. The molecule has 2 unspecified atom stereocenters. The summed E-state index contributed by atoms with van der Waals surface area (Å²) in [6.45, 7) is 16.4. The summed E-state index contributed by atoms with van der Waals surface area (Å²) in [5, 5.41) is 0. The van der Waals surface area contributed by atoms with Crippen molar-refractivity contribution in [3.8, 4) is 0 Å². The summed E-state index contributed by atoms with van der Waals surface area (Å²) in [6.07, 6.45) is 7.41. The second-order valence-electron chi connectivity index (χ2n) is 7.67. The van der Waals surface area contributed by atoms with Gasteiger partial charge in [0.2, 0.25) is 0 Å². The molecule has 2 heteroatoms. The fraction of sp³-hybridized carbons (Fsp3) is 0.833. The normalized spacial score (nSPS) is 27.4. The average Bonchev–Trinajstić information content (AvgIpc) is 2.74. The van der Waals surface area contributed by atoms with Crippen LogP contribution in [-0.4, -0.2) is 11.6 Å². The van der Waals surface area contributed by atoms with Gasteiger partial charge in [-0.2, -0.15) is 0 Å². The predicted octanol–water partition coefficient (Wildman–Crippen LogP) is 5.13. The van der Waals surface area contributed by atoms with Crippen LogP contribution < -0.4 is 0 Å². The van der Waals surface area contributed by atoms with Crippen molar-refractivity contribution in [2.45, 2.75) is 79.2 Å².